The third-order valence-corrected chi connectivity index (χ3v) is 3.95. The SMILES string of the molecule is COc1cc(-c2ccc(OCc3ccccc3)c(F)c2)cc(C=O)c1O. The summed E-state index contributed by atoms with van der Waals surface area (Å²) in [5, 5.41) is 9.89. The van der Waals surface area contributed by atoms with E-state index in [2.05, 4.69) is 0 Å². The Morgan fingerprint density at radius 1 is 1.00 bits per heavy atom. The molecular weight excluding hydrogens is 335 g/mol. The highest BCUT2D eigenvalue weighted by Crippen LogP contribution is 2.35. The summed E-state index contributed by atoms with van der Waals surface area (Å²) in [5.74, 6) is -0.471. The molecule has 0 aliphatic rings. The highest BCUT2D eigenvalue weighted by Gasteiger charge is 2.13. The number of aromatic hydroxyl groups is 1. The standard InChI is InChI=1S/C21H17FO4/c1-25-20-11-16(9-17(12-23)21(20)24)15-7-8-19(18(22)10-15)26-13-14-5-3-2-4-6-14/h2-12,24H,13H2,1H3. The number of phenolic OH excluding ortho intramolecular Hbond substituents is 1. The number of benzene rings is 3. The Kier molecular flexibility index (Phi) is 5.17. The Labute approximate surface area is 150 Å². The molecule has 3 aromatic carbocycles. The average molecular weight is 352 g/mol. The number of hydrogen-bond acceptors (Lipinski definition) is 4. The van der Waals surface area contributed by atoms with Gasteiger partial charge in [-0.15, -0.1) is 0 Å². The number of aldehydes is 1. The number of hydrogen-bond donors (Lipinski definition) is 1. The third kappa shape index (κ3) is 3.67. The summed E-state index contributed by atoms with van der Waals surface area (Å²) in [5.41, 5.74) is 2.10. The van der Waals surface area contributed by atoms with E-state index in [-0.39, 0.29) is 29.4 Å². The van der Waals surface area contributed by atoms with Crippen molar-refractivity contribution in [3.63, 3.8) is 0 Å². The largest absolute Gasteiger partial charge is 0.504 e. The molecule has 1 N–H and O–H groups in total. The topological polar surface area (TPSA) is 55.8 Å². The minimum Gasteiger partial charge on any atom is -0.504 e. The van der Waals surface area contributed by atoms with Crippen LogP contribution in [0, 0.1) is 5.82 Å². The molecular formula is C21H17FO4. The van der Waals surface area contributed by atoms with Crippen LogP contribution in [0.3, 0.4) is 0 Å². The van der Waals surface area contributed by atoms with Gasteiger partial charge in [0.2, 0.25) is 0 Å². The van der Waals surface area contributed by atoms with Crippen LogP contribution in [-0.4, -0.2) is 18.5 Å². The van der Waals surface area contributed by atoms with Crippen LogP contribution in [0.2, 0.25) is 0 Å². The van der Waals surface area contributed by atoms with E-state index in [9.17, 15) is 14.3 Å². The molecule has 5 heteroatoms. The molecule has 132 valence electrons. The predicted octanol–water partition coefficient (Wildman–Crippen LogP) is 4.60. The molecule has 0 atom stereocenters. The third-order valence-electron chi connectivity index (χ3n) is 3.95. The number of ether oxygens (including phenoxy) is 2. The molecule has 3 rings (SSSR count). The molecule has 0 saturated carbocycles. The molecule has 0 bridgehead atoms. The van der Waals surface area contributed by atoms with E-state index in [1.807, 2.05) is 30.3 Å². The van der Waals surface area contributed by atoms with Crippen LogP contribution in [0.5, 0.6) is 17.2 Å². The molecule has 0 aromatic heterocycles. The molecule has 0 saturated heterocycles. The van der Waals surface area contributed by atoms with E-state index in [4.69, 9.17) is 9.47 Å². The van der Waals surface area contributed by atoms with E-state index >= 15 is 0 Å². The fourth-order valence-corrected chi connectivity index (χ4v) is 2.57. The minimum atomic E-state index is -0.516. The summed E-state index contributed by atoms with van der Waals surface area (Å²) in [6.07, 6.45) is 0.523. The van der Waals surface area contributed by atoms with Crippen molar-refractivity contribution in [3.05, 3.63) is 77.6 Å². The van der Waals surface area contributed by atoms with Crippen molar-refractivity contribution in [2.45, 2.75) is 6.61 Å². The Balaban J connectivity index is 1.86. The first-order chi connectivity index (χ1) is 12.6. The highest BCUT2D eigenvalue weighted by molar-refractivity contribution is 5.85. The summed E-state index contributed by atoms with van der Waals surface area (Å²) in [7, 11) is 1.38. The molecule has 0 heterocycles. The van der Waals surface area contributed by atoms with E-state index in [0.29, 0.717) is 17.4 Å². The Morgan fingerprint density at radius 3 is 2.42 bits per heavy atom. The first-order valence-corrected chi connectivity index (χ1v) is 7.95. The normalized spacial score (nSPS) is 10.4. The van der Waals surface area contributed by atoms with Gasteiger partial charge < -0.3 is 14.6 Å². The van der Waals surface area contributed by atoms with Gasteiger partial charge in [-0.2, -0.15) is 0 Å². The zero-order valence-corrected chi connectivity index (χ0v) is 14.1. The zero-order chi connectivity index (χ0) is 18.5. The number of carbonyl (C=O) groups is 1. The summed E-state index contributed by atoms with van der Waals surface area (Å²) >= 11 is 0. The van der Waals surface area contributed by atoms with Gasteiger partial charge in [-0.05, 0) is 41.0 Å². The maximum Gasteiger partial charge on any atom is 0.168 e. The first-order valence-electron chi connectivity index (χ1n) is 7.95. The van der Waals surface area contributed by atoms with Crippen molar-refractivity contribution >= 4 is 6.29 Å². The number of methoxy groups -OCH3 is 1. The average Bonchev–Trinajstić information content (AvgIpc) is 2.68. The van der Waals surface area contributed by atoms with E-state index < -0.39 is 5.82 Å². The molecule has 0 aliphatic carbocycles. The highest BCUT2D eigenvalue weighted by atomic mass is 19.1. The Bertz CT molecular complexity index is 923. The second kappa shape index (κ2) is 7.70. The minimum absolute atomic E-state index is 0.0733. The smallest absolute Gasteiger partial charge is 0.168 e. The van der Waals surface area contributed by atoms with Crippen LogP contribution in [0.1, 0.15) is 15.9 Å². The lowest BCUT2D eigenvalue weighted by molar-refractivity contribution is 0.112. The fraction of sp³-hybridized carbons (Fsp3) is 0.0952. The van der Waals surface area contributed by atoms with Crippen LogP contribution in [0.4, 0.5) is 4.39 Å². The van der Waals surface area contributed by atoms with Crippen molar-refractivity contribution in [2.24, 2.45) is 0 Å². The Hall–Kier alpha value is -3.34. The molecule has 0 unspecified atom stereocenters. The summed E-state index contributed by atoms with van der Waals surface area (Å²) in [6, 6.07) is 17.0. The first kappa shape index (κ1) is 17.5. The second-order valence-electron chi connectivity index (χ2n) is 5.65. The van der Waals surface area contributed by atoms with E-state index in [1.54, 1.807) is 12.1 Å². The lowest BCUT2D eigenvalue weighted by Gasteiger charge is -2.11. The summed E-state index contributed by atoms with van der Waals surface area (Å²) < 4.78 is 25.0. The zero-order valence-electron chi connectivity index (χ0n) is 14.1. The van der Waals surface area contributed by atoms with Crippen molar-refractivity contribution < 1.29 is 23.8 Å². The van der Waals surface area contributed by atoms with Crippen LogP contribution in [-0.2, 0) is 6.61 Å². The lowest BCUT2D eigenvalue weighted by Crippen LogP contribution is -1.97. The van der Waals surface area contributed by atoms with Gasteiger partial charge in [0.25, 0.3) is 0 Å². The van der Waals surface area contributed by atoms with Crippen molar-refractivity contribution in [1.29, 1.82) is 0 Å². The molecule has 0 fully saturated rings. The van der Waals surface area contributed by atoms with Crippen LogP contribution >= 0.6 is 0 Å². The van der Waals surface area contributed by atoms with Crippen LogP contribution in [0.25, 0.3) is 11.1 Å². The predicted molar refractivity (Wildman–Crippen MR) is 96.2 cm³/mol. The monoisotopic (exact) mass is 352 g/mol. The molecule has 0 aliphatic heterocycles. The van der Waals surface area contributed by atoms with Crippen LogP contribution < -0.4 is 9.47 Å². The number of rotatable bonds is 6. The van der Waals surface area contributed by atoms with Gasteiger partial charge in [-0.25, -0.2) is 4.39 Å². The summed E-state index contributed by atoms with van der Waals surface area (Å²) in [6.45, 7) is 0.263. The van der Waals surface area contributed by atoms with E-state index in [1.165, 1.54) is 25.3 Å². The molecule has 4 nitrogen and oxygen atoms in total. The number of halogens is 1. The molecule has 3 aromatic rings. The van der Waals surface area contributed by atoms with Gasteiger partial charge in [0.05, 0.1) is 12.7 Å². The van der Waals surface area contributed by atoms with Crippen molar-refractivity contribution in [1.82, 2.24) is 0 Å². The maximum atomic E-state index is 14.4. The quantitative estimate of drug-likeness (QED) is 0.659. The number of phenols is 1. The van der Waals surface area contributed by atoms with Crippen molar-refractivity contribution in [3.8, 4) is 28.4 Å². The van der Waals surface area contributed by atoms with Gasteiger partial charge in [0, 0.05) is 0 Å². The van der Waals surface area contributed by atoms with E-state index in [0.717, 1.165) is 5.56 Å². The van der Waals surface area contributed by atoms with Crippen LogP contribution in [0.15, 0.2) is 60.7 Å². The Morgan fingerprint density at radius 2 is 1.77 bits per heavy atom. The van der Waals surface area contributed by atoms with Gasteiger partial charge in [-0.1, -0.05) is 36.4 Å². The molecule has 0 spiro atoms. The molecule has 0 amide bonds. The summed E-state index contributed by atoms with van der Waals surface area (Å²) in [4.78, 5) is 11.1. The van der Waals surface area contributed by atoms with Gasteiger partial charge in [0.15, 0.2) is 29.4 Å². The second-order valence-corrected chi connectivity index (χ2v) is 5.65. The van der Waals surface area contributed by atoms with Gasteiger partial charge in [0.1, 0.15) is 6.61 Å². The molecule has 26 heavy (non-hydrogen) atoms. The van der Waals surface area contributed by atoms with Gasteiger partial charge >= 0.3 is 0 Å². The fourth-order valence-electron chi connectivity index (χ4n) is 2.57. The molecule has 0 radical (unpaired) electrons. The number of carbonyl (C=O) groups excluding carboxylic acids is 1. The maximum absolute atomic E-state index is 14.4. The van der Waals surface area contributed by atoms with Crippen molar-refractivity contribution in [2.75, 3.05) is 7.11 Å². The van der Waals surface area contributed by atoms with Gasteiger partial charge in [-0.3, -0.25) is 4.79 Å². The lowest BCUT2D eigenvalue weighted by atomic mass is 10.0.